The lowest BCUT2D eigenvalue weighted by atomic mass is 10.1. The van der Waals surface area contributed by atoms with Gasteiger partial charge in [-0.2, -0.15) is 10.4 Å². The summed E-state index contributed by atoms with van der Waals surface area (Å²) in [5.74, 6) is 0.312. The number of ether oxygens (including phenoxy) is 1. The lowest BCUT2D eigenvalue weighted by molar-refractivity contribution is -0.117. The van der Waals surface area contributed by atoms with Crippen LogP contribution in [0.3, 0.4) is 0 Å². The maximum Gasteiger partial charge on any atom is 0.262 e. The zero-order valence-electron chi connectivity index (χ0n) is 20.5. The van der Waals surface area contributed by atoms with Crippen LogP contribution in [0.25, 0.3) is 23.0 Å². The largest absolute Gasteiger partial charge is 0.489 e. The average molecular weight is 517 g/mol. The van der Waals surface area contributed by atoms with Gasteiger partial charge in [0.05, 0.1) is 17.9 Å². The Bertz CT molecular complexity index is 1570. The summed E-state index contributed by atoms with van der Waals surface area (Å²) in [5.41, 5.74) is 4.13. The molecule has 0 saturated heterocycles. The molecule has 0 spiro atoms. The molecule has 38 heavy (non-hydrogen) atoms. The maximum absolute atomic E-state index is 12.8. The molecule has 7 heteroatoms. The molecule has 0 aliphatic rings. The molecule has 186 valence electrons. The molecule has 5 aromatic rings. The first kappa shape index (κ1) is 24.8. The van der Waals surface area contributed by atoms with Crippen molar-refractivity contribution in [3.63, 3.8) is 0 Å². The smallest absolute Gasteiger partial charge is 0.262 e. The number of nitrogens with zero attached hydrogens (tertiary/aromatic N) is 3. The van der Waals surface area contributed by atoms with Crippen LogP contribution in [0.15, 0.2) is 114 Å². The number of thiophene rings is 1. The molecule has 5 rings (SSSR count). The Morgan fingerprint density at radius 1 is 0.974 bits per heavy atom. The zero-order valence-corrected chi connectivity index (χ0v) is 21.3. The Morgan fingerprint density at radius 3 is 2.39 bits per heavy atom. The molecule has 1 N–H and O–H groups in total. The van der Waals surface area contributed by atoms with E-state index in [1.165, 1.54) is 0 Å². The second-order valence-corrected chi connectivity index (χ2v) is 9.48. The molecule has 0 aliphatic heterocycles. The highest BCUT2D eigenvalue weighted by Crippen LogP contribution is 2.28. The minimum atomic E-state index is -0.427. The summed E-state index contributed by atoms with van der Waals surface area (Å²) in [4.78, 5) is 13.8. The van der Waals surface area contributed by atoms with Crippen molar-refractivity contribution in [3.8, 4) is 28.8 Å². The number of carbonyl (C=O) groups is 1. The first-order valence-corrected chi connectivity index (χ1v) is 12.9. The van der Waals surface area contributed by atoms with Crippen molar-refractivity contribution in [3.05, 3.63) is 130 Å². The van der Waals surface area contributed by atoms with Gasteiger partial charge in [-0.1, -0.05) is 54.6 Å². The predicted molar refractivity (Wildman–Crippen MR) is 150 cm³/mol. The monoisotopic (exact) mass is 516 g/mol. The Kier molecular flexibility index (Phi) is 7.73. The van der Waals surface area contributed by atoms with Crippen LogP contribution in [0.4, 0.5) is 0 Å². The molecule has 0 fully saturated rings. The minimum Gasteiger partial charge on any atom is -0.489 e. The van der Waals surface area contributed by atoms with Gasteiger partial charge in [-0.15, -0.1) is 11.3 Å². The van der Waals surface area contributed by atoms with E-state index in [2.05, 4.69) is 5.32 Å². The molecular formula is C31H24N4O2S. The van der Waals surface area contributed by atoms with E-state index in [-0.39, 0.29) is 5.57 Å². The summed E-state index contributed by atoms with van der Waals surface area (Å²) in [7, 11) is 0. The number of para-hydroxylation sites is 1. The molecule has 0 bridgehead atoms. The van der Waals surface area contributed by atoms with Crippen LogP contribution in [0, 0.1) is 11.3 Å². The molecular weight excluding hydrogens is 492 g/mol. The fourth-order valence-electron chi connectivity index (χ4n) is 3.86. The average Bonchev–Trinajstić information content (AvgIpc) is 3.65. The number of hydrogen-bond donors (Lipinski definition) is 1. The van der Waals surface area contributed by atoms with Crippen LogP contribution in [-0.4, -0.2) is 15.7 Å². The highest BCUT2D eigenvalue weighted by atomic mass is 32.1. The van der Waals surface area contributed by atoms with Gasteiger partial charge >= 0.3 is 0 Å². The van der Waals surface area contributed by atoms with Crippen LogP contribution < -0.4 is 10.1 Å². The topological polar surface area (TPSA) is 79.9 Å². The third kappa shape index (κ3) is 6.06. The normalized spacial score (nSPS) is 11.1. The van der Waals surface area contributed by atoms with Gasteiger partial charge in [0.1, 0.15) is 24.0 Å². The highest BCUT2D eigenvalue weighted by molar-refractivity contribution is 7.09. The van der Waals surface area contributed by atoms with Crippen LogP contribution >= 0.6 is 11.3 Å². The third-order valence-corrected chi connectivity index (χ3v) is 6.68. The molecule has 2 heterocycles. The van der Waals surface area contributed by atoms with Gasteiger partial charge in [0.25, 0.3) is 5.91 Å². The number of rotatable bonds is 9. The van der Waals surface area contributed by atoms with E-state index in [1.54, 1.807) is 22.1 Å². The first-order chi connectivity index (χ1) is 18.7. The first-order valence-electron chi connectivity index (χ1n) is 12.0. The number of nitriles is 1. The quantitative estimate of drug-likeness (QED) is 0.182. The van der Waals surface area contributed by atoms with Crippen LogP contribution in [0.2, 0.25) is 0 Å². The molecule has 2 aromatic heterocycles. The van der Waals surface area contributed by atoms with Gasteiger partial charge in [-0.25, -0.2) is 4.68 Å². The third-order valence-electron chi connectivity index (χ3n) is 5.81. The Hall–Kier alpha value is -4.93. The molecule has 3 aromatic carbocycles. The van der Waals surface area contributed by atoms with Crippen molar-refractivity contribution in [2.45, 2.75) is 13.2 Å². The van der Waals surface area contributed by atoms with Crippen molar-refractivity contribution < 1.29 is 9.53 Å². The summed E-state index contributed by atoms with van der Waals surface area (Å²) in [6.07, 6.45) is 3.42. The maximum atomic E-state index is 12.8. The lowest BCUT2D eigenvalue weighted by Crippen LogP contribution is -2.23. The number of amides is 1. The van der Waals surface area contributed by atoms with Crippen molar-refractivity contribution in [2.75, 3.05) is 0 Å². The summed E-state index contributed by atoms with van der Waals surface area (Å²) >= 11 is 1.55. The number of aromatic nitrogens is 2. The Balaban J connectivity index is 1.42. The van der Waals surface area contributed by atoms with Gasteiger partial charge in [0, 0.05) is 22.2 Å². The molecule has 0 unspecified atom stereocenters. The van der Waals surface area contributed by atoms with Gasteiger partial charge in [0.2, 0.25) is 0 Å². The van der Waals surface area contributed by atoms with Gasteiger partial charge < -0.3 is 10.1 Å². The van der Waals surface area contributed by atoms with Crippen LogP contribution in [0.1, 0.15) is 16.0 Å². The highest BCUT2D eigenvalue weighted by Gasteiger charge is 2.15. The molecule has 0 saturated carbocycles. The summed E-state index contributed by atoms with van der Waals surface area (Å²) in [6.45, 7) is 0.846. The minimum absolute atomic E-state index is 0.0123. The van der Waals surface area contributed by atoms with Crippen LogP contribution in [-0.2, 0) is 17.9 Å². The standard InChI is InChI=1S/C31H24N4O2S/c32-19-25(31(36)33-20-29-12-7-17-38-29)18-26-21-35(27-10-5-2-6-11-27)34-30(26)24-13-15-28(16-14-24)37-22-23-8-3-1-4-9-23/h1-18,21H,20,22H2,(H,33,36)/b25-18+. The summed E-state index contributed by atoms with van der Waals surface area (Å²) in [5, 5.41) is 19.3. The number of nitrogens with one attached hydrogen (secondary N) is 1. The number of benzene rings is 3. The van der Waals surface area contributed by atoms with E-state index in [0.29, 0.717) is 24.4 Å². The number of carbonyl (C=O) groups excluding carboxylic acids is 1. The fraction of sp³-hybridized carbons (Fsp3) is 0.0645. The van der Waals surface area contributed by atoms with Crippen molar-refractivity contribution in [1.29, 1.82) is 5.26 Å². The molecule has 0 radical (unpaired) electrons. The Labute approximate surface area is 225 Å². The number of hydrogen-bond acceptors (Lipinski definition) is 5. The second kappa shape index (κ2) is 11.9. The van der Waals surface area contributed by atoms with Gasteiger partial charge in [0.15, 0.2) is 0 Å². The fourth-order valence-corrected chi connectivity index (χ4v) is 4.50. The molecule has 6 nitrogen and oxygen atoms in total. The van der Waals surface area contributed by atoms with Crippen molar-refractivity contribution in [2.24, 2.45) is 0 Å². The van der Waals surface area contributed by atoms with Gasteiger partial charge in [-0.3, -0.25) is 4.79 Å². The van der Waals surface area contributed by atoms with Crippen LogP contribution in [0.5, 0.6) is 5.75 Å². The molecule has 0 atom stereocenters. The molecule has 0 aliphatic carbocycles. The summed E-state index contributed by atoms with van der Waals surface area (Å²) in [6, 6.07) is 33.2. The summed E-state index contributed by atoms with van der Waals surface area (Å²) < 4.78 is 7.68. The van der Waals surface area contributed by atoms with E-state index in [4.69, 9.17) is 9.84 Å². The van der Waals surface area contributed by atoms with E-state index >= 15 is 0 Å². The lowest BCUT2D eigenvalue weighted by Gasteiger charge is -2.07. The van der Waals surface area contributed by atoms with E-state index in [1.807, 2.05) is 115 Å². The molecule has 1 amide bonds. The van der Waals surface area contributed by atoms with Crippen molar-refractivity contribution in [1.82, 2.24) is 15.1 Å². The predicted octanol–water partition coefficient (Wildman–Crippen LogP) is 6.40. The van der Waals surface area contributed by atoms with Crippen molar-refractivity contribution >= 4 is 23.3 Å². The van der Waals surface area contributed by atoms with Gasteiger partial charge in [-0.05, 0) is 59.5 Å². The SMILES string of the molecule is N#C/C(=C\c1cn(-c2ccccc2)nc1-c1ccc(OCc2ccccc2)cc1)C(=O)NCc1cccs1. The van der Waals surface area contributed by atoms with E-state index in [9.17, 15) is 10.1 Å². The van der Waals surface area contributed by atoms with E-state index in [0.717, 1.165) is 27.4 Å². The Morgan fingerprint density at radius 2 is 1.71 bits per heavy atom. The zero-order chi connectivity index (χ0) is 26.2. The second-order valence-electron chi connectivity index (χ2n) is 8.44. The van der Waals surface area contributed by atoms with E-state index < -0.39 is 5.91 Å².